The first kappa shape index (κ1) is 15.9. The zero-order valence-electron chi connectivity index (χ0n) is 15.0. The number of anilines is 1. The highest BCUT2D eigenvalue weighted by atomic mass is 16.5. The summed E-state index contributed by atoms with van der Waals surface area (Å²) in [6, 6.07) is 11.7. The molecule has 0 saturated heterocycles. The maximum Gasteiger partial charge on any atom is 0.255 e. The van der Waals surface area contributed by atoms with Gasteiger partial charge in [-0.3, -0.25) is 0 Å². The molecular formula is C20H19N5O2. The molecule has 3 aromatic heterocycles. The lowest BCUT2D eigenvalue weighted by molar-refractivity contribution is 0.414. The topological polar surface area (TPSA) is 77.5 Å². The third kappa shape index (κ3) is 2.81. The second-order valence-electron chi connectivity index (χ2n) is 6.57. The van der Waals surface area contributed by atoms with E-state index in [1.807, 2.05) is 30.3 Å². The average molecular weight is 361 g/mol. The third-order valence-electron chi connectivity index (χ3n) is 4.85. The summed E-state index contributed by atoms with van der Waals surface area (Å²) in [5, 5.41) is 8.19. The number of nitrogens with zero attached hydrogens (tertiary/aromatic N) is 4. The number of nitrogens with one attached hydrogen (secondary N) is 1. The molecule has 0 atom stereocenters. The van der Waals surface area contributed by atoms with E-state index in [0.29, 0.717) is 23.9 Å². The molecule has 0 bridgehead atoms. The van der Waals surface area contributed by atoms with Crippen LogP contribution in [0, 0.1) is 0 Å². The summed E-state index contributed by atoms with van der Waals surface area (Å²) in [4.78, 5) is 9.28. The molecule has 0 fully saturated rings. The molecule has 0 unspecified atom stereocenters. The van der Waals surface area contributed by atoms with Gasteiger partial charge in [-0.25, -0.2) is 4.98 Å². The monoisotopic (exact) mass is 361 g/mol. The molecule has 7 nitrogen and oxygen atoms in total. The van der Waals surface area contributed by atoms with Crippen molar-refractivity contribution < 1.29 is 9.15 Å². The van der Waals surface area contributed by atoms with Crippen LogP contribution in [0.25, 0.3) is 17.4 Å². The van der Waals surface area contributed by atoms with Crippen molar-refractivity contribution in [2.24, 2.45) is 0 Å². The molecule has 0 aliphatic heterocycles. The smallest absolute Gasteiger partial charge is 0.255 e. The van der Waals surface area contributed by atoms with Crippen LogP contribution in [0.5, 0.6) is 5.75 Å². The number of methoxy groups -OCH3 is 1. The van der Waals surface area contributed by atoms with Crippen molar-refractivity contribution in [1.82, 2.24) is 19.6 Å². The Kier molecular flexibility index (Phi) is 3.78. The summed E-state index contributed by atoms with van der Waals surface area (Å²) >= 11 is 0. The SMILES string of the molecule is COc1cccc(CNc2c3c(nc4nc(-c5ccco5)nn24)CCC3)c1. The van der Waals surface area contributed by atoms with Gasteiger partial charge in [-0.2, -0.15) is 9.50 Å². The highest BCUT2D eigenvalue weighted by Gasteiger charge is 2.22. The highest BCUT2D eigenvalue weighted by molar-refractivity contribution is 5.58. The molecule has 0 radical (unpaired) electrons. The van der Waals surface area contributed by atoms with E-state index in [-0.39, 0.29) is 0 Å². The third-order valence-corrected chi connectivity index (χ3v) is 4.85. The Balaban J connectivity index is 1.55. The molecule has 1 aliphatic carbocycles. The highest BCUT2D eigenvalue weighted by Crippen LogP contribution is 2.29. The Bertz CT molecular complexity index is 1100. The van der Waals surface area contributed by atoms with Crippen LogP contribution in [0.1, 0.15) is 23.2 Å². The summed E-state index contributed by atoms with van der Waals surface area (Å²) in [6.45, 7) is 0.665. The molecule has 7 heteroatoms. The lowest BCUT2D eigenvalue weighted by atomic mass is 10.2. The predicted octanol–water partition coefficient (Wildman–Crippen LogP) is 3.49. The van der Waals surface area contributed by atoms with E-state index in [0.717, 1.165) is 42.1 Å². The van der Waals surface area contributed by atoms with Crippen molar-refractivity contribution in [3.63, 3.8) is 0 Å². The number of hydrogen-bond donors (Lipinski definition) is 1. The molecule has 27 heavy (non-hydrogen) atoms. The van der Waals surface area contributed by atoms with Gasteiger partial charge in [0.1, 0.15) is 11.6 Å². The van der Waals surface area contributed by atoms with E-state index in [9.17, 15) is 0 Å². The summed E-state index contributed by atoms with van der Waals surface area (Å²) < 4.78 is 12.6. The zero-order chi connectivity index (χ0) is 18.2. The molecule has 0 spiro atoms. The minimum Gasteiger partial charge on any atom is -0.497 e. The largest absolute Gasteiger partial charge is 0.497 e. The fraction of sp³-hybridized carbons (Fsp3) is 0.250. The first-order chi connectivity index (χ1) is 13.3. The molecular weight excluding hydrogens is 342 g/mol. The molecule has 136 valence electrons. The van der Waals surface area contributed by atoms with Crippen molar-refractivity contribution in [3.8, 4) is 17.3 Å². The van der Waals surface area contributed by atoms with Crippen LogP contribution < -0.4 is 10.1 Å². The van der Waals surface area contributed by atoms with Crippen LogP contribution in [-0.4, -0.2) is 26.7 Å². The Morgan fingerprint density at radius 1 is 1.19 bits per heavy atom. The lowest BCUT2D eigenvalue weighted by Crippen LogP contribution is -2.10. The van der Waals surface area contributed by atoms with E-state index >= 15 is 0 Å². The van der Waals surface area contributed by atoms with Crippen LogP contribution in [0.3, 0.4) is 0 Å². The van der Waals surface area contributed by atoms with E-state index in [2.05, 4.69) is 21.5 Å². The van der Waals surface area contributed by atoms with E-state index < -0.39 is 0 Å². The van der Waals surface area contributed by atoms with E-state index in [1.54, 1.807) is 17.9 Å². The van der Waals surface area contributed by atoms with Crippen LogP contribution in [-0.2, 0) is 19.4 Å². The molecule has 1 N–H and O–H groups in total. The maximum absolute atomic E-state index is 5.44. The quantitative estimate of drug-likeness (QED) is 0.586. The number of fused-ring (bicyclic) bond motifs is 2. The van der Waals surface area contributed by atoms with Crippen LogP contribution in [0.4, 0.5) is 5.82 Å². The molecule has 1 aromatic carbocycles. The predicted molar refractivity (Wildman–Crippen MR) is 101 cm³/mol. The zero-order valence-corrected chi connectivity index (χ0v) is 15.0. The number of rotatable bonds is 5. The fourth-order valence-electron chi connectivity index (χ4n) is 3.54. The average Bonchev–Trinajstić information content (AvgIpc) is 3.44. The van der Waals surface area contributed by atoms with Gasteiger partial charge >= 0.3 is 0 Å². The van der Waals surface area contributed by atoms with Gasteiger partial charge in [-0.15, -0.1) is 5.10 Å². The minimum atomic E-state index is 0.542. The van der Waals surface area contributed by atoms with Crippen molar-refractivity contribution in [2.45, 2.75) is 25.8 Å². The first-order valence-corrected chi connectivity index (χ1v) is 9.01. The second kappa shape index (κ2) is 6.42. The Hall–Kier alpha value is -3.35. The van der Waals surface area contributed by atoms with Gasteiger partial charge in [0, 0.05) is 12.1 Å². The number of aromatic nitrogens is 4. The summed E-state index contributed by atoms with van der Waals surface area (Å²) in [6.07, 6.45) is 4.70. The lowest BCUT2D eigenvalue weighted by Gasteiger charge is -2.13. The molecule has 1 aliphatic rings. The molecule has 3 heterocycles. The van der Waals surface area contributed by atoms with E-state index in [1.165, 1.54) is 5.56 Å². The summed E-state index contributed by atoms with van der Waals surface area (Å²) in [7, 11) is 1.68. The van der Waals surface area contributed by atoms with Crippen molar-refractivity contribution in [3.05, 3.63) is 59.5 Å². The molecule has 5 rings (SSSR count). The molecule has 0 saturated carbocycles. The standard InChI is InChI=1S/C20H19N5O2/c1-26-14-6-2-5-13(11-14)12-21-19-15-7-3-8-16(15)22-20-23-18(24-25(19)20)17-9-4-10-27-17/h2,4-6,9-11,21H,3,7-8,12H2,1H3. The van der Waals surface area contributed by atoms with E-state index in [4.69, 9.17) is 14.1 Å². The van der Waals surface area contributed by atoms with Gasteiger partial charge in [0.05, 0.1) is 19.1 Å². The van der Waals surface area contributed by atoms with Crippen molar-refractivity contribution in [1.29, 1.82) is 0 Å². The maximum atomic E-state index is 5.44. The molecule has 0 amide bonds. The van der Waals surface area contributed by atoms with Crippen LogP contribution >= 0.6 is 0 Å². The fourth-order valence-corrected chi connectivity index (χ4v) is 3.54. The van der Waals surface area contributed by atoms with Gasteiger partial charge in [0.2, 0.25) is 5.82 Å². The number of hydrogen-bond acceptors (Lipinski definition) is 6. The first-order valence-electron chi connectivity index (χ1n) is 9.01. The Morgan fingerprint density at radius 3 is 3.00 bits per heavy atom. The van der Waals surface area contributed by atoms with Crippen LogP contribution in [0.2, 0.25) is 0 Å². The molecule has 4 aromatic rings. The van der Waals surface area contributed by atoms with Crippen molar-refractivity contribution in [2.75, 3.05) is 12.4 Å². The number of furan rings is 1. The van der Waals surface area contributed by atoms with Gasteiger partial charge < -0.3 is 14.5 Å². The number of ether oxygens (including phenoxy) is 1. The normalized spacial score (nSPS) is 13.1. The van der Waals surface area contributed by atoms with Gasteiger partial charge in [-0.1, -0.05) is 12.1 Å². The summed E-state index contributed by atoms with van der Waals surface area (Å²) in [5.41, 5.74) is 3.47. The van der Waals surface area contributed by atoms with Gasteiger partial charge in [0.15, 0.2) is 5.76 Å². The van der Waals surface area contributed by atoms with Gasteiger partial charge in [0.25, 0.3) is 5.78 Å². The van der Waals surface area contributed by atoms with Gasteiger partial charge in [-0.05, 0) is 49.1 Å². The van der Waals surface area contributed by atoms with Crippen molar-refractivity contribution >= 4 is 11.6 Å². The second-order valence-corrected chi connectivity index (χ2v) is 6.57. The van der Waals surface area contributed by atoms with Crippen LogP contribution in [0.15, 0.2) is 47.1 Å². The Morgan fingerprint density at radius 2 is 2.15 bits per heavy atom. The number of benzene rings is 1. The Labute approximate surface area is 156 Å². The minimum absolute atomic E-state index is 0.542. The summed E-state index contributed by atoms with van der Waals surface area (Å²) in [5.74, 6) is 3.58. The number of aryl methyl sites for hydroxylation is 1.